The van der Waals surface area contributed by atoms with Gasteiger partial charge in [0.15, 0.2) is 6.10 Å². The van der Waals surface area contributed by atoms with Crippen LogP contribution in [-0.4, -0.2) is 62.8 Å². The lowest BCUT2D eigenvalue weighted by Gasteiger charge is -2.27. The van der Waals surface area contributed by atoms with Crippen molar-refractivity contribution in [2.45, 2.75) is 57.9 Å². The first-order valence-corrected chi connectivity index (χ1v) is 16.3. The molecule has 0 aromatic heterocycles. The second-order valence-electron chi connectivity index (χ2n) is 10.9. The minimum Gasteiger partial charge on any atom is -0.497 e. The van der Waals surface area contributed by atoms with E-state index in [1.165, 1.54) is 0 Å². The number of rotatable bonds is 18. The fourth-order valence-corrected chi connectivity index (χ4v) is 6.03. The average Bonchev–Trinajstić information content (AvgIpc) is 2.99. The first-order chi connectivity index (χ1) is 20.1. The van der Waals surface area contributed by atoms with Crippen molar-refractivity contribution in [2.75, 3.05) is 25.2 Å². The lowest BCUT2D eigenvalue weighted by atomic mass is 10.0. The molecule has 0 saturated heterocycles. The number of para-hydroxylation sites is 1. The summed E-state index contributed by atoms with van der Waals surface area (Å²) in [6, 6.07) is 25.5. The van der Waals surface area contributed by atoms with E-state index in [1.807, 2.05) is 74.5 Å². The van der Waals surface area contributed by atoms with Gasteiger partial charge in [-0.15, -0.1) is 0 Å². The Kier molecular flexibility index (Phi) is 13.3. The van der Waals surface area contributed by atoms with Crippen LogP contribution in [0.5, 0.6) is 11.5 Å². The number of aliphatic hydroxyl groups is 1. The Bertz CT molecular complexity index is 1320. The molecule has 228 valence electrons. The Morgan fingerprint density at radius 2 is 1.48 bits per heavy atom. The molecule has 0 aliphatic rings. The van der Waals surface area contributed by atoms with Gasteiger partial charge in [-0.25, -0.2) is 8.42 Å². The number of carbonyl (C=O) groups excluding carboxylic acids is 1. The van der Waals surface area contributed by atoms with Crippen LogP contribution in [0.1, 0.15) is 37.8 Å². The highest BCUT2D eigenvalue weighted by atomic mass is 32.2. The van der Waals surface area contributed by atoms with E-state index >= 15 is 0 Å². The van der Waals surface area contributed by atoms with Crippen molar-refractivity contribution in [3.05, 3.63) is 96.1 Å². The Balaban J connectivity index is 1.72. The van der Waals surface area contributed by atoms with Crippen LogP contribution in [0.3, 0.4) is 0 Å². The maximum Gasteiger partial charge on any atom is 0.261 e. The molecule has 0 fully saturated rings. The maximum absolute atomic E-state index is 13.6. The number of hydrogen-bond donors (Lipinski definition) is 3. The summed E-state index contributed by atoms with van der Waals surface area (Å²) in [6.45, 7) is 4.69. The van der Waals surface area contributed by atoms with Gasteiger partial charge in [-0.2, -0.15) is 0 Å². The summed E-state index contributed by atoms with van der Waals surface area (Å²) in [6.07, 6.45) is -1.02. The monoisotopic (exact) mass is 596 g/mol. The summed E-state index contributed by atoms with van der Waals surface area (Å²) >= 11 is 0. The van der Waals surface area contributed by atoms with E-state index in [-0.39, 0.29) is 30.4 Å². The molecule has 8 nitrogen and oxygen atoms in total. The number of methoxy groups -OCH3 is 1. The minimum atomic E-state index is -3.36. The molecule has 1 amide bonds. The molecule has 3 rings (SSSR count). The van der Waals surface area contributed by atoms with Crippen LogP contribution in [-0.2, 0) is 27.6 Å². The molecular formula is C33H44N2O6S. The quantitative estimate of drug-likeness (QED) is 0.202. The van der Waals surface area contributed by atoms with Crippen LogP contribution in [0.25, 0.3) is 0 Å². The third kappa shape index (κ3) is 11.8. The van der Waals surface area contributed by atoms with Gasteiger partial charge in [-0.3, -0.25) is 4.79 Å². The lowest BCUT2D eigenvalue weighted by Crippen LogP contribution is -2.52. The highest BCUT2D eigenvalue weighted by Gasteiger charge is 2.29. The Morgan fingerprint density at radius 1 is 0.857 bits per heavy atom. The fraction of sp³-hybridized carbons (Fsp3) is 0.424. The number of sulfone groups is 1. The molecule has 0 heterocycles. The summed E-state index contributed by atoms with van der Waals surface area (Å²) in [5, 5.41) is 17.4. The Hall–Kier alpha value is -3.40. The van der Waals surface area contributed by atoms with E-state index < -0.39 is 34.0 Å². The van der Waals surface area contributed by atoms with Gasteiger partial charge in [0.2, 0.25) is 0 Å². The van der Waals surface area contributed by atoms with Gasteiger partial charge in [0.1, 0.15) is 21.3 Å². The van der Waals surface area contributed by atoms with Crippen molar-refractivity contribution in [3.8, 4) is 11.5 Å². The van der Waals surface area contributed by atoms with Gasteiger partial charge in [-0.1, -0.05) is 74.5 Å². The molecule has 3 aromatic carbocycles. The van der Waals surface area contributed by atoms with E-state index in [0.717, 1.165) is 16.9 Å². The predicted molar refractivity (Wildman–Crippen MR) is 166 cm³/mol. The average molecular weight is 597 g/mol. The molecule has 0 aliphatic heterocycles. The van der Waals surface area contributed by atoms with Crippen LogP contribution < -0.4 is 20.1 Å². The molecule has 42 heavy (non-hydrogen) atoms. The van der Waals surface area contributed by atoms with E-state index in [2.05, 4.69) is 10.6 Å². The summed E-state index contributed by atoms with van der Waals surface area (Å²) in [4.78, 5) is 13.6. The first-order valence-electron chi connectivity index (χ1n) is 14.4. The van der Waals surface area contributed by atoms with Crippen LogP contribution in [0.15, 0.2) is 84.9 Å². The number of nitrogens with one attached hydrogen (secondary N) is 2. The third-order valence-electron chi connectivity index (χ3n) is 6.92. The van der Waals surface area contributed by atoms with E-state index in [0.29, 0.717) is 25.1 Å². The molecule has 0 bridgehead atoms. The number of ether oxygens (including phenoxy) is 2. The molecule has 3 aromatic rings. The number of carbonyl (C=O) groups is 1. The van der Waals surface area contributed by atoms with E-state index in [9.17, 15) is 18.3 Å². The minimum absolute atomic E-state index is 0.00337. The lowest BCUT2D eigenvalue weighted by molar-refractivity contribution is -0.129. The molecule has 3 N–H and O–H groups in total. The molecule has 0 aliphatic carbocycles. The first kappa shape index (κ1) is 33.1. The highest BCUT2D eigenvalue weighted by Crippen LogP contribution is 2.16. The molecule has 0 spiro atoms. The van der Waals surface area contributed by atoms with Crippen molar-refractivity contribution in [1.29, 1.82) is 0 Å². The molecule has 0 saturated carbocycles. The van der Waals surface area contributed by atoms with Gasteiger partial charge in [0.05, 0.1) is 30.8 Å². The third-order valence-corrected chi connectivity index (χ3v) is 8.63. The summed E-state index contributed by atoms with van der Waals surface area (Å²) in [5.41, 5.74) is 1.95. The number of hydrogen-bond acceptors (Lipinski definition) is 7. The zero-order chi connectivity index (χ0) is 30.4. The second kappa shape index (κ2) is 16.9. The van der Waals surface area contributed by atoms with Crippen molar-refractivity contribution in [3.63, 3.8) is 0 Å². The number of benzene rings is 3. The van der Waals surface area contributed by atoms with Gasteiger partial charge >= 0.3 is 0 Å². The Labute approximate surface area is 250 Å². The van der Waals surface area contributed by atoms with Crippen LogP contribution in [0.4, 0.5) is 0 Å². The molecule has 0 radical (unpaired) electrons. The number of amides is 1. The predicted octanol–water partition coefficient (Wildman–Crippen LogP) is 4.17. The fourth-order valence-electron chi connectivity index (χ4n) is 4.43. The zero-order valence-corrected chi connectivity index (χ0v) is 25.6. The smallest absolute Gasteiger partial charge is 0.261 e. The van der Waals surface area contributed by atoms with Crippen molar-refractivity contribution < 1.29 is 27.8 Å². The molecular weight excluding hydrogens is 552 g/mol. The van der Waals surface area contributed by atoms with Crippen molar-refractivity contribution in [1.82, 2.24) is 10.6 Å². The summed E-state index contributed by atoms with van der Waals surface area (Å²) in [7, 11) is -1.75. The van der Waals surface area contributed by atoms with Crippen LogP contribution >= 0.6 is 0 Å². The van der Waals surface area contributed by atoms with Gasteiger partial charge in [0.25, 0.3) is 5.91 Å². The highest BCUT2D eigenvalue weighted by molar-refractivity contribution is 7.91. The van der Waals surface area contributed by atoms with Crippen molar-refractivity contribution >= 4 is 15.7 Å². The van der Waals surface area contributed by atoms with Crippen LogP contribution in [0.2, 0.25) is 0 Å². The Morgan fingerprint density at radius 3 is 2.14 bits per heavy atom. The topological polar surface area (TPSA) is 114 Å². The van der Waals surface area contributed by atoms with Crippen molar-refractivity contribution in [2.24, 2.45) is 5.92 Å². The van der Waals surface area contributed by atoms with Crippen LogP contribution in [0, 0.1) is 5.92 Å². The normalized spacial score (nSPS) is 13.7. The van der Waals surface area contributed by atoms with Gasteiger partial charge in [0, 0.05) is 19.5 Å². The number of aliphatic hydroxyl groups excluding tert-OH is 1. The second-order valence-corrected chi connectivity index (χ2v) is 13.2. The van der Waals surface area contributed by atoms with Gasteiger partial charge in [-0.05, 0) is 54.2 Å². The molecule has 9 heteroatoms. The zero-order valence-electron chi connectivity index (χ0n) is 24.7. The maximum atomic E-state index is 13.6. The summed E-state index contributed by atoms with van der Waals surface area (Å²) < 4.78 is 36.7. The van der Waals surface area contributed by atoms with Gasteiger partial charge < -0.3 is 25.2 Å². The van der Waals surface area contributed by atoms with E-state index in [1.54, 1.807) is 31.4 Å². The SMILES string of the molecule is COc1cccc(CNC[C@@H](O)[C@H](Cc2ccccc2)NC(=O)C(CCS(=O)(=O)CCC(C)C)Oc2ccccc2)c1. The largest absolute Gasteiger partial charge is 0.497 e. The summed E-state index contributed by atoms with van der Waals surface area (Å²) in [5.74, 6) is 0.914. The standard InChI is InChI=1S/C33H44N2O6S/c1-25(2)17-19-42(38,39)20-18-32(41-28-14-8-5-9-15-28)33(37)35-30(22-26-11-6-4-7-12-26)31(36)24-34-23-27-13-10-16-29(21-27)40-3/h4-16,21,25,30-32,34,36H,17-20,22-24H2,1-3H3,(H,35,37)/t30-,31+,32?/m0/s1. The van der Waals surface area contributed by atoms with E-state index in [4.69, 9.17) is 9.47 Å². The molecule has 1 unspecified atom stereocenters. The molecule has 3 atom stereocenters.